The molecule has 1 aromatic carbocycles. The van der Waals surface area contributed by atoms with Gasteiger partial charge in [0.2, 0.25) is 5.91 Å². The summed E-state index contributed by atoms with van der Waals surface area (Å²) in [5.41, 5.74) is 8.46. The molecule has 0 saturated carbocycles. The Labute approximate surface area is 128 Å². The van der Waals surface area contributed by atoms with Crippen LogP contribution < -0.4 is 11.1 Å². The molecule has 0 spiro atoms. The standard InChI is InChI=1S/C16H26N2O.ClH/c1-5-11(2)15(17)16(19)18-13(4)10-14-9-7-6-8-12(14)3;/h6-9,11,13,15H,5,10,17H2,1-4H3,(H,18,19);1H. The van der Waals surface area contributed by atoms with Gasteiger partial charge in [-0.25, -0.2) is 0 Å². The van der Waals surface area contributed by atoms with E-state index in [1.165, 1.54) is 11.1 Å². The van der Waals surface area contributed by atoms with E-state index in [9.17, 15) is 4.79 Å². The summed E-state index contributed by atoms with van der Waals surface area (Å²) in [7, 11) is 0. The van der Waals surface area contributed by atoms with Crippen LogP contribution in [0.5, 0.6) is 0 Å². The van der Waals surface area contributed by atoms with Crippen LogP contribution in [0.1, 0.15) is 38.3 Å². The van der Waals surface area contributed by atoms with E-state index < -0.39 is 6.04 Å². The van der Waals surface area contributed by atoms with E-state index in [2.05, 4.69) is 31.3 Å². The molecule has 1 rings (SSSR count). The summed E-state index contributed by atoms with van der Waals surface area (Å²) in [5, 5.41) is 3.01. The summed E-state index contributed by atoms with van der Waals surface area (Å²) in [6.07, 6.45) is 1.76. The molecule has 3 unspecified atom stereocenters. The number of hydrogen-bond acceptors (Lipinski definition) is 2. The number of halogens is 1. The van der Waals surface area contributed by atoms with Crippen LogP contribution in [-0.4, -0.2) is 18.0 Å². The molecule has 1 aromatic rings. The van der Waals surface area contributed by atoms with E-state index in [0.717, 1.165) is 12.8 Å². The minimum atomic E-state index is -0.413. The number of carbonyl (C=O) groups is 1. The van der Waals surface area contributed by atoms with Gasteiger partial charge in [0.25, 0.3) is 0 Å². The van der Waals surface area contributed by atoms with E-state index in [1.54, 1.807) is 0 Å². The summed E-state index contributed by atoms with van der Waals surface area (Å²) in [6, 6.07) is 7.94. The minimum absolute atomic E-state index is 0. The first kappa shape index (κ1) is 18.9. The van der Waals surface area contributed by atoms with Crippen LogP contribution >= 0.6 is 12.4 Å². The molecule has 3 atom stereocenters. The number of nitrogens with one attached hydrogen (secondary N) is 1. The molecule has 0 radical (unpaired) electrons. The normalized spacial score (nSPS) is 14.8. The first-order valence-corrected chi connectivity index (χ1v) is 7.06. The molecule has 0 aliphatic carbocycles. The van der Waals surface area contributed by atoms with Gasteiger partial charge in [-0.1, -0.05) is 44.5 Å². The Morgan fingerprint density at radius 1 is 1.30 bits per heavy atom. The zero-order chi connectivity index (χ0) is 14.4. The zero-order valence-corrected chi connectivity index (χ0v) is 13.7. The SMILES string of the molecule is CCC(C)C(N)C(=O)NC(C)Cc1ccccc1C.Cl. The fourth-order valence-electron chi connectivity index (χ4n) is 2.07. The Morgan fingerprint density at radius 2 is 1.90 bits per heavy atom. The Kier molecular flexibility index (Phi) is 8.51. The summed E-state index contributed by atoms with van der Waals surface area (Å²) in [6.45, 7) is 8.17. The maximum atomic E-state index is 12.0. The fraction of sp³-hybridized carbons (Fsp3) is 0.562. The largest absolute Gasteiger partial charge is 0.352 e. The van der Waals surface area contributed by atoms with Crippen LogP contribution in [0.4, 0.5) is 0 Å². The van der Waals surface area contributed by atoms with Crippen molar-refractivity contribution in [3.8, 4) is 0 Å². The van der Waals surface area contributed by atoms with E-state index in [0.29, 0.717) is 0 Å². The quantitative estimate of drug-likeness (QED) is 0.848. The lowest BCUT2D eigenvalue weighted by atomic mass is 9.98. The predicted octanol–water partition coefficient (Wildman–Crippen LogP) is 2.84. The molecule has 0 aliphatic heterocycles. The van der Waals surface area contributed by atoms with Crippen LogP contribution in [0.3, 0.4) is 0 Å². The van der Waals surface area contributed by atoms with Crippen molar-refractivity contribution >= 4 is 18.3 Å². The van der Waals surface area contributed by atoms with Crippen LogP contribution in [0.25, 0.3) is 0 Å². The Bertz CT molecular complexity index is 423. The van der Waals surface area contributed by atoms with Gasteiger partial charge in [-0.15, -0.1) is 12.4 Å². The lowest BCUT2D eigenvalue weighted by Gasteiger charge is -2.21. The number of nitrogens with two attached hydrogens (primary N) is 1. The van der Waals surface area contributed by atoms with Gasteiger partial charge in [0.05, 0.1) is 6.04 Å². The highest BCUT2D eigenvalue weighted by Crippen LogP contribution is 2.10. The molecule has 3 N–H and O–H groups in total. The highest BCUT2D eigenvalue weighted by Gasteiger charge is 2.20. The second-order valence-corrected chi connectivity index (χ2v) is 5.45. The molecule has 0 saturated heterocycles. The zero-order valence-electron chi connectivity index (χ0n) is 12.8. The number of hydrogen-bond donors (Lipinski definition) is 2. The van der Waals surface area contributed by atoms with Gasteiger partial charge in [-0.3, -0.25) is 4.79 Å². The highest BCUT2D eigenvalue weighted by molar-refractivity contribution is 5.85. The molecule has 4 heteroatoms. The molecule has 0 aromatic heterocycles. The van der Waals surface area contributed by atoms with Gasteiger partial charge in [0, 0.05) is 6.04 Å². The van der Waals surface area contributed by atoms with Crippen molar-refractivity contribution in [1.29, 1.82) is 0 Å². The van der Waals surface area contributed by atoms with Gasteiger partial charge in [0.15, 0.2) is 0 Å². The van der Waals surface area contributed by atoms with Gasteiger partial charge >= 0.3 is 0 Å². The molecular formula is C16H27ClN2O. The average Bonchev–Trinajstić information content (AvgIpc) is 2.39. The maximum absolute atomic E-state index is 12.0. The summed E-state index contributed by atoms with van der Waals surface area (Å²) in [5.74, 6) is 0.168. The van der Waals surface area contributed by atoms with E-state index in [-0.39, 0.29) is 30.3 Å². The summed E-state index contributed by atoms with van der Waals surface area (Å²) >= 11 is 0. The molecule has 0 fully saturated rings. The molecular weight excluding hydrogens is 272 g/mol. The van der Waals surface area contributed by atoms with E-state index in [4.69, 9.17) is 5.73 Å². The second-order valence-electron chi connectivity index (χ2n) is 5.45. The number of rotatable bonds is 6. The average molecular weight is 299 g/mol. The summed E-state index contributed by atoms with van der Waals surface area (Å²) in [4.78, 5) is 12.0. The number of benzene rings is 1. The maximum Gasteiger partial charge on any atom is 0.237 e. The topological polar surface area (TPSA) is 55.1 Å². The van der Waals surface area contributed by atoms with E-state index in [1.807, 2.05) is 26.0 Å². The number of amides is 1. The van der Waals surface area contributed by atoms with Gasteiger partial charge in [0.1, 0.15) is 0 Å². The number of aryl methyl sites for hydroxylation is 1. The fourth-order valence-corrected chi connectivity index (χ4v) is 2.07. The molecule has 20 heavy (non-hydrogen) atoms. The third-order valence-electron chi connectivity index (χ3n) is 3.74. The summed E-state index contributed by atoms with van der Waals surface area (Å²) < 4.78 is 0. The van der Waals surface area contributed by atoms with E-state index >= 15 is 0 Å². The molecule has 0 aliphatic rings. The Hall–Kier alpha value is -1.06. The predicted molar refractivity (Wildman–Crippen MR) is 87.2 cm³/mol. The van der Waals surface area contributed by atoms with Crippen molar-refractivity contribution in [2.45, 2.75) is 52.6 Å². The van der Waals surface area contributed by atoms with Crippen LogP contribution in [0.15, 0.2) is 24.3 Å². The third kappa shape index (κ3) is 5.51. The van der Waals surface area contributed by atoms with Crippen LogP contribution in [0.2, 0.25) is 0 Å². The van der Waals surface area contributed by atoms with Crippen molar-refractivity contribution in [1.82, 2.24) is 5.32 Å². The molecule has 0 bridgehead atoms. The van der Waals surface area contributed by atoms with Crippen molar-refractivity contribution in [3.63, 3.8) is 0 Å². The highest BCUT2D eigenvalue weighted by atomic mass is 35.5. The number of carbonyl (C=O) groups excluding carboxylic acids is 1. The van der Waals surface area contributed by atoms with Crippen molar-refractivity contribution < 1.29 is 4.79 Å². The van der Waals surface area contributed by atoms with Crippen LogP contribution in [0, 0.1) is 12.8 Å². The lowest BCUT2D eigenvalue weighted by Crippen LogP contribution is -2.48. The third-order valence-corrected chi connectivity index (χ3v) is 3.74. The van der Waals surface area contributed by atoms with Crippen LogP contribution in [-0.2, 0) is 11.2 Å². The smallest absolute Gasteiger partial charge is 0.237 e. The van der Waals surface area contributed by atoms with Gasteiger partial charge in [-0.05, 0) is 37.3 Å². The van der Waals surface area contributed by atoms with Crippen molar-refractivity contribution in [2.75, 3.05) is 0 Å². The molecule has 3 nitrogen and oxygen atoms in total. The monoisotopic (exact) mass is 298 g/mol. The Morgan fingerprint density at radius 3 is 2.45 bits per heavy atom. The molecule has 0 heterocycles. The van der Waals surface area contributed by atoms with Gasteiger partial charge < -0.3 is 11.1 Å². The lowest BCUT2D eigenvalue weighted by molar-refractivity contribution is -0.124. The molecule has 114 valence electrons. The molecule has 1 amide bonds. The first-order valence-electron chi connectivity index (χ1n) is 7.06. The van der Waals surface area contributed by atoms with Crippen molar-refractivity contribution in [2.24, 2.45) is 11.7 Å². The first-order chi connectivity index (χ1) is 8.95. The Balaban J connectivity index is 0.00000361. The van der Waals surface area contributed by atoms with Gasteiger partial charge in [-0.2, -0.15) is 0 Å². The second kappa shape index (κ2) is 8.98. The van der Waals surface area contributed by atoms with Crippen molar-refractivity contribution in [3.05, 3.63) is 35.4 Å². The minimum Gasteiger partial charge on any atom is -0.352 e.